The van der Waals surface area contributed by atoms with E-state index in [4.69, 9.17) is 10.5 Å². The van der Waals surface area contributed by atoms with E-state index in [-0.39, 0.29) is 6.03 Å². The van der Waals surface area contributed by atoms with Crippen LogP contribution in [0.4, 0.5) is 4.79 Å². The second-order valence-corrected chi connectivity index (χ2v) is 7.15. The Hall–Kier alpha value is -0.770. The molecule has 0 aromatic heterocycles. The second-order valence-electron chi connectivity index (χ2n) is 7.15. The van der Waals surface area contributed by atoms with E-state index in [1.54, 1.807) is 7.11 Å². The molecule has 1 saturated carbocycles. The summed E-state index contributed by atoms with van der Waals surface area (Å²) in [6.07, 6.45) is 13.9. The Morgan fingerprint density at radius 3 is 2.55 bits per heavy atom. The number of likely N-dealkylation sites (tertiary alicyclic amines) is 1. The van der Waals surface area contributed by atoms with Gasteiger partial charge in [-0.2, -0.15) is 0 Å². The van der Waals surface area contributed by atoms with Gasteiger partial charge in [0.2, 0.25) is 0 Å². The van der Waals surface area contributed by atoms with Crippen molar-refractivity contribution in [2.45, 2.75) is 76.7 Å². The lowest BCUT2D eigenvalue weighted by Gasteiger charge is -2.43. The molecule has 2 atom stereocenters. The summed E-state index contributed by atoms with van der Waals surface area (Å²) in [6.45, 7) is 1.71. The van der Waals surface area contributed by atoms with E-state index < -0.39 is 0 Å². The number of urea groups is 1. The number of amides is 2. The van der Waals surface area contributed by atoms with E-state index in [1.165, 1.54) is 51.4 Å². The molecule has 22 heavy (non-hydrogen) atoms. The standard InChI is InChI=1S/C18H34N2O2/c1-22-14-8-6-11-16(15-9-3-2-4-10-15)17-12-5-7-13-20(17)18(19)21/h15-17H,2-14H2,1H3,(H2,19,21)/t16-,17?/m0/s1. The van der Waals surface area contributed by atoms with E-state index in [2.05, 4.69) is 0 Å². The number of piperidine rings is 1. The molecule has 1 aliphatic heterocycles. The predicted octanol–water partition coefficient (Wildman–Crippen LogP) is 3.93. The fraction of sp³-hybridized carbons (Fsp3) is 0.944. The van der Waals surface area contributed by atoms with Gasteiger partial charge in [0.1, 0.15) is 0 Å². The number of carbonyl (C=O) groups is 1. The number of rotatable bonds is 7. The minimum Gasteiger partial charge on any atom is -0.385 e. The minimum absolute atomic E-state index is 0.206. The molecule has 0 radical (unpaired) electrons. The summed E-state index contributed by atoms with van der Waals surface area (Å²) in [6, 6.07) is 0.180. The molecule has 2 aliphatic rings. The number of unbranched alkanes of at least 4 members (excludes halogenated alkanes) is 1. The highest BCUT2D eigenvalue weighted by Crippen LogP contribution is 2.38. The first kappa shape index (κ1) is 17.6. The van der Waals surface area contributed by atoms with Gasteiger partial charge < -0.3 is 15.4 Å². The van der Waals surface area contributed by atoms with Gasteiger partial charge in [-0.15, -0.1) is 0 Å². The van der Waals surface area contributed by atoms with Crippen LogP contribution in [0.15, 0.2) is 0 Å². The quantitative estimate of drug-likeness (QED) is 0.724. The smallest absolute Gasteiger partial charge is 0.315 e. The summed E-state index contributed by atoms with van der Waals surface area (Å²) in [4.78, 5) is 13.8. The lowest BCUT2D eigenvalue weighted by Crippen LogP contribution is -2.51. The molecule has 0 aromatic carbocycles. The normalized spacial score (nSPS) is 25.1. The maximum Gasteiger partial charge on any atom is 0.315 e. The zero-order valence-electron chi connectivity index (χ0n) is 14.3. The Bertz CT molecular complexity index is 329. The number of methoxy groups -OCH3 is 1. The number of nitrogens with two attached hydrogens (primary N) is 1. The average Bonchev–Trinajstić information content (AvgIpc) is 2.56. The highest BCUT2D eigenvalue weighted by atomic mass is 16.5. The molecule has 1 aliphatic carbocycles. The molecule has 4 heteroatoms. The first-order chi connectivity index (χ1) is 10.7. The van der Waals surface area contributed by atoms with Crippen LogP contribution in [-0.2, 0) is 4.74 Å². The number of carbonyl (C=O) groups excluding carboxylic acids is 1. The van der Waals surface area contributed by atoms with Crippen molar-refractivity contribution < 1.29 is 9.53 Å². The minimum atomic E-state index is -0.206. The molecule has 2 rings (SSSR count). The molecule has 2 fully saturated rings. The van der Waals surface area contributed by atoms with Crippen LogP contribution >= 0.6 is 0 Å². The van der Waals surface area contributed by atoms with E-state index in [1.807, 2.05) is 4.90 Å². The summed E-state index contributed by atoms with van der Waals surface area (Å²) in [5.41, 5.74) is 5.67. The topological polar surface area (TPSA) is 55.6 Å². The molecular weight excluding hydrogens is 276 g/mol. The van der Waals surface area contributed by atoms with Gasteiger partial charge in [-0.3, -0.25) is 0 Å². The Kier molecular flexibility index (Phi) is 7.50. The zero-order valence-corrected chi connectivity index (χ0v) is 14.3. The maximum absolute atomic E-state index is 11.9. The lowest BCUT2D eigenvalue weighted by molar-refractivity contribution is 0.0765. The van der Waals surface area contributed by atoms with Crippen molar-refractivity contribution in [3.8, 4) is 0 Å². The third-order valence-corrected chi connectivity index (χ3v) is 5.72. The van der Waals surface area contributed by atoms with Crippen LogP contribution < -0.4 is 5.73 Å². The van der Waals surface area contributed by atoms with Gasteiger partial charge in [-0.25, -0.2) is 4.79 Å². The third kappa shape index (κ3) is 4.87. The van der Waals surface area contributed by atoms with Crippen molar-refractivity contribution in [3.05, 3.63) is 0 Å². The van der Waals surface area contributed by atoms with Gasteiger partial charge in [-0.1, -0.05) is 38.5 Å². The van der Waals surface area contributed by atoms with E-state index in [9.17, 15) is 4.79 Å². The summed E-state index contributed by atoms with van der Waals surface area (Å²) < 4.78 is 5.19. The molecule has 0 bridgehead atoms. The van der Waals surface area contributed by atoms with E-state index in [0.29, 0.717) is 12.0 Å². The number of primary amides is 1. The number of hydrogen-bond acceptors (Lipinski definition) is 2. The van der Waals surface area contributed by atoms with Crippen molar-refractivity contribution in [1.82, 2.24) is 4.90 Å². The van der Waals surface area contributed by atoms with Crippen LogP contribution in [0.2, 0.25) is 0 Å². The summed E-state index contributed by atoms with van der Waals surface area (Å²) in [5, 5.41) is 0. The van der Waals surface area contributed by atoms with Crippen molar-refractivity contribution in [2.75, 3.05) is 20.3 Å². The molecule has 2 N–H and O–H groups in total. The van der Waals surface area contributed by atoms with E-state index in [0.717, 1.165) is 38.3 Å². The van der Waals surface area contributed by atoms with Crippen molar-refractivity contribution in [3.63, 3.8) is 0 Å². The van der Waals surface area contributed by atoms with Gasteiger partial charge in [0, 0.05) is 26.3 Å². The molecule has 0 spiro atoms. The molecule has 4 nitrogen and oxygen atoms in total. The summed E-state index contributed by atoms with van der Waals surface area (Å²) in [5.74, 6) is 1.44. The number of hydrogen-bond donors (Lipinski definition) is 1. The molecule has 1 heterocycles. The molecule has 1 unspecified atom stereocenters. The Morgan fingerprint density at radius 2 is 1.86 bits per heavy atom. The SMILES string of the molecule is COCCCC[C@@H](C1CCCCC1)C1CCCCN1C(N)=O. The van der Waals surface area contributed by atoms with E-state index >= 15 is 0 Å². The highest BCUT2D eigenvalue weighted by Gasteiger charge is 2.36. The molecule has 2 amide bonds. The lowest BCUT2D eigenvalue weighted by atomic mass is 9.72. The summed E-state index contributed by atoms with van der Waals surface area (Å²) >= 11 is 0. The Labute approximate surface area is 135 Å². The fourth-order valence-corrected chi connectivity index (χ4v) is 4.61. The summed E-state index contributed by atoms with van der Waals surface area (Å²) in [7, 11) is 1.77. The average molecular weight is 310 g/mol. The molecular formula is C18H34N2O2. The van der Waals surface area contributed by atoms with Crippen LogP contribution in [0.3, 0.4) is 0 Å². The van der Waals surface area contributed by atoms with Crippen LogP contribution in [0, 0.1) is 11.8 Å². The first-order valence-corrected chi connectivity index (χ1v) is 9.29. The van der Waals surface area contributed by atoms with Crippen LogP contribution in [-0.4, -0.2) is 37.2 Å². The number of nitrogens with zero attached hydrogens (tertiary/aromatic N) is 1. The second kappa shape index (κ2) is 9.39. The van der Waals surface area contributed by atoms with Gasteiger partial charge in [-0.05, 0) is 43.9 Å². The largest absolute Gasteiger partial charge is 0.385 e. The Balaban J connectivity index is 2.01. The molecule has 128 valence electrons. The predicted molar refractivity (Wildman–Crippen MR) is 89.7 cm³/mol. The van der Waals surface area contributed by atoms with Gasteiger partial charge >= 0.3 is 6.03 Å². The van der Waals surface area contributed by atoms with Gasteiger partial charge in [0.05, 0.1) is 0 Å². The van der Waals surface area contributed by atoms with Crippen LogP contribution in [0.5, 0.6) is 0 Å². The van der Waals surface area contributed by atoms with Crippen LogP contribution in [0.25, 0.3) is 0 Å². The van der Waals surface area contributed by atoms with Crippen molar-refractivity contribution in [2.24, 2.45) is 17.6 Å². The first-order valence-electron chi connectivity index (χ1n) is 9.29. The number of ether oxygens (including phenoxy) is 1. The zero-order chi connectivity index (χ0) is 15.8. The van der Waals surface area contributed by atoms with Gasteiger partial charge in [0.25, 0.3) is 0 Å². The fourth-order valence-electron chi connectivity index (χ4n) is 4.61. The van der Waals surface area contributed by atoms with Crippen LogP contribution in [0.1, 0.15) is 70.6 Å². The highest BCUT2D eigenvalue weighted by molar-refractivity contribution is 5.72. The van der Waals surface area contributed by atoms with Crippen molar-refractivity contribution >= 4 is 6.03 Å². The monoisotopic (exact) mass is 310 g/mol. The third-order valence-electron chi connectivity index (χ3n) is 5.72. The maximum atomic E-state index is 11.9. The van der Waals surface area contributed by atoms with Crippen molar-refractivity contribution in [1.29, 1.82) is 0 Å². The molecule has 0 aromatic rings. The molecule has 1 saturated heterocycles. The van der Waals surface area contributed by atoms with Gasteiger partial charge in [0.15, 0.2) is 0 Å². The Morgan fingerprint density at radius 1 is 1.14 bits per heavy atom.